The van der Waals surface area contributed by atoms with Crippen LogP contribution in [-0.2, 0) is 15.1 Å². The molecule has 5 heteroatoms. The number of hydrogen-bond acceptors (Lipinski definition) is 5. The van der Waals surface area contributed by atoms with Gasteiger partial charge in [0.05, 0.1) is 0 Å². The summed E-state index contributed by atoms with van der Waals surface area (Å²) in [7, 11) is 0. The van der Waals surface area contributed by atoms with Crippen LogP contribution < -0.4 is 5.73 Å². The maximum Gasteiger partial charge on any atom is 0.345 e. The van der Waals surface area contributed by atoms with Gasteiger partial charge in [0.15, 0.2) is 0 Å². The van der Waals surface area contributed by atoms with Crippen LogP contribution in [0.1, 0.15) is 26.3 Å². The molecule has 2 N–H and O–H groups in total. The minimum atomic E-state index is -1.27. The van der Waals surface area contributed by atoms with Crippen LogP contribution in [-0.4, -0.2) is 11.6 Å². The molecular weight excluding hydrogens is 242 g/mol. The summed E-state index contributed by atoms with van der Waals surface area (Å²) in [5.41, 5.74) is 5.15. The van der Waals surface area contributed by atoms with Crippen molar-refractivity contribution in [1.29, 1.82) is 0 Å². The van der Waals surface area contributed by atoms with Crippen LogP contribution in [0.15, 0.2) is 46.8 Å². The summed E-state index contributed by atoms with van der Waals surface area (Å²) >= 11 is 0. The second kappa shape index (κ2) is 4.50. The molecule has 0 fully saturated rings. The lowest BCUT2D eigenvalue weighted by Gasteiger charge is -2.27. The number of anilines is 1. The number of esters is 1. The van der Waals surface area contributed by atoms with Gasteiger partial charge in [0.25, 0.3) is 0 Å². The van der Waals surface area contributed by atoms with Crippen molar-refractivity contribution in [2.75, 3.05) is 5.73 Å². The molecule has 0 saturated carbocycles. The van der Waals surface area contributed by atoms with Gasteiger partial charge in [-0.3, -0.25) is 0 Å². The summed E-state index contributed by atoms with van der Waals surface area (Å²) in [5.74, 6) is -0.476. The van der Waals surface area contributed by atoms with Gasteiger partial charge in [0.1, 0.15) is 5.60 Å². The molecule has 0 aliphatic carbocycles. The maximum absolute atomic E-state index is 12.5. The van der Waals surface area contributed by atoms with Crippen LogP contribution in [0.2, 0.25) is 0 Å². The molecule has 0 spiro atoms. The van der Waals surface area contributed by atoms with Crippen molar-refractivity contribution in [2.24, 2.45) is 10.2 Å². The molecule has 1 aromatic rings. The van der Waals surface area contributed by atoms with E-state index in [9.17, 15) is 4.79 Å². The summed E-state index contributed by atoms with van der Waals surface area (Å²) < 4.78 is 5.43. The zero-order chi connectivity index (χ0) is 14.1. The van der Waals surface area contributed by atoms with Gasteiger partial charge in [-0.15, -0.1) is 0 Å². The minimum absolute atomic E-state index is 0.476. The van der Waals surface area contributed by atoms with Crippen LogP contribution in [0, 0.1) is 0 Å². The minimum Gasteiger partial charge on any atom is -0.458 e. The molecule has 0 saturated heterocycles. The van der Waals surface area contributed by atoms with Crippen molar-refractivity contribution in [3.8, 4) is 0 Å². The molecule has 0 aromatic heterocycles. The molecule has 1 heterocycles. The van der Waals surface area contributed by atoms with E-state index in [1.807, 2.05) is 20.8 Å². The van der Waals surface area contributed by atoms with E-state index in [0.717, 1.165) is 0 Å². The number of benzene rings is 1. The van der Waals surface area contributed by atoms with Gasteiger partial charge in [-0.1, -0.05) is 18.2 Å². The Morgan fingerprint density at radius 2 is 2.00 bits per heavy atom. The molecule has 19 heavy (non-hydrogen) atoms. The number of carbonyl (C=O) groups is 1. The van der Waals surface area contributed by atoms with Crippen LogP contribution in [0.5, 0.6) is 0 Å². The fourth-order valence-electron chi connectivity index (χ4n) is 1.86. The zero-order valence-corrected chi connectivity index (χ0v) is 11.3. The third-order valence-corrected chi connectivity index (χ3v) is 2.68. The molecule has 1 aliphatic rings. The molecule has 1 atom stereocenters. The van der Waals surface area contributed by atoms with Crippen LogP contribution in [0.4, 0.5) is 5.69 Å². The number of azo groups is 1. The first-order chi connectivity index (χ1) is 8.85. The number of nitrogens with zero attached hydrogens (tertiary/aromatic N) is 2. The highest BCUT2D eigenvalue weighted by Gasteiger charge is 2.44. The Kier molecular flexibility index (Phi) is 3.14. The van der Waals surface area contributed by atoms with Crippen molar-refractivity contribution < 1.29 is 9.53 Å². The molecule has 0 bridgehead atoms. The normalized spacial score (nSPS) is 21.6. The smallest absolute Gasteiger partial charge is 0.345 e. The van der Waals surface area contributed by atoms with E-state index < -0.39 is 17.1 Å². The molecule has 0 radical (unpaired) electrons. The van der Waals surface area contributed by atoms with E-state index in [2.05, 4.69) is 10.2 Å². The Bertz CT molecular complexity index is 544. The van der Waals surface area contributed by atoms with E-state index in [4.69, 9.17) is 10.5 Å². The average Bonchev–Trinajstić information content (AvgIpc) is 2.77. The van der Waals surface area contributed by atoms with Crippen molar-refractivity contribution in [3.05, 3.63) is 42.1 Å². The highest BCUT2D eigenvalue weighted by atomic mass is 16.6. The van der Waals surface area contributed by atoms with Crippen LogP contribution >= 0.6 is 0 Å². The number of nitrogen functional groups attached to an aromatic ring is 1. The van der Waals surface area contributed by atoms with Gasteiger partial charge < -0.3 is 10.5 Å². The number of carbonyl (C=O) groups excluding carboxylic acids is 1. The van der Waals surface area contributed by atoms with Crippen molar-refractivity contribution >= 4 is 11.7 Å². The fourth-order valence-corrected chi connectivity index (χ4v) is 1.86. The zero-order valence-electron chi connectivity index (χ0n) is 11.3. The Morgan fingerprint density at radius 1 is 1.32 bits per heavy atom. The third kappa shape index (κ3) is 2.50. The van der Waals surface area contributed by atoms with Gasteiger partial charge in [0, 0.05) is 17.5 Å². The van der Waals surface area contributed by atoms with Crippen molar-refractivity contribution in [2.45, 2.75) is 31.9 Å². The molecular formula is C14H17N3O2. The Balaban J connectivity index is 2.46. The van der Waals surface area contributed by atoms with Crippen molar-refractivity contribution in [1.82, 2.24) is 0 Å². The van der Waals surface area contributed by atoms with E-state index in [-0.39, 0.29) is 0 Å². The molecule has 1 unspecified atom stereocenters. The van der Waals surface area contributed by atoms with Gasteiger partial charge >= 0.3 is 5.97 Å². The molecule has 2 rings (SSSR count). The predicted molar refractivity (Wildman–Crippen MR) is 72.4 cm³/mol. The average molecular weight is 259 g/mol. The quantitative estimate of drug-likeness (QED) is 0.655. The number of para-hydroxylation sites is 1. The Morgan fingerprint density at radius 3 is 2.53 bits per heavy atom. The summed E-state index contributed by atoms with van der Waals surface area (Å²) in [6, 6.07) is 7.09. The van der Waals surface area contributed by atoms with Gasteiger partial charge in [-0.05, 0) is 32.9 Å². The monoisotopic (exact) mass is 259 g/mol. The topological polar surface area (TPSA) is 77.0 Å². The SMILES string of the molecule is CC(C)(C)OC(=O)C1(c2ccccc2N)C=CN=N1. The summed E-state index contributed by atoms with van der Waals surface area (Å²) in [6.07, 6.45) is 3.09. The Hall–Kier alpha value is -2.17. The maximum atomic E-state index is 12.5. The standard InChI is InChI=1S/C14H17N3O2/c1-13(2,3)19-12(18)14(8-9-16-17-14)10-6-4-5-7-11(10)15/h4-9H,15H2,1-3H3. The van der Waals surface area contributed by atoms with Gasteiger partial charge in [0.2, 0.25) is 5.54 Å². The fraction of sp³-hybridized carbons (Fsp3) is 0.357. The molecule has 1 aliphatic heterocycles. The first-order valence-corrected chi connectivity index (χ1v) is 6.03. The summed E-state index contributed by atoms with van der Waals surface area (Å²) in [6.45, 7) is 5.42. The van der Waals surface area contributed by atoms with Crippen LogP contribution in [0.25, 0.3) is 0 Å². The third-order valence-electron chi connectivity index (χ3n) is 2.68. The first kappa shape index (κ1) is 13.3. The number of ether oxygens (including phenoxy) is 1. The first-order valence-electron chi connectivity index (χ1n) is 6.03. The van der Waals surface area contributed by atoms with E-state index in [1.165, 1.54) is 6.20 Å². The van der Waals surface area contributed by atoms with E-state index in [0.29, 0.717) is 11.3 Å². The lowest BCUT2D eigenvalue weighted by Crippen LogP contribution is -2.38. The van der Waals surface area contributed by atoms with Crippen LogP contribution in [0.3, 0.4) is 0 Å². The summed E-state index contributed by atoms with van der Waals surface area (Å²) in [4.78, 5) is 12.5. The van der Waals surface area contributed by atoms with Gasteiger partial charge in [-0.2, -0.15) is 10.2 Å². The lowest BCUT2D eigenvalue weighted by atomic mass is 9.89. The molecule has 100 valence electrons. The lowest BCUT2D eigenvalue weighted by molar-refractivity contribution is -0.159. The number of rotatable bonds is 2. The van der Waals surface area contributed by atoms with Gasteiger partial charge in [-0.25, -0.2) is 4.79 Å². The number of nitrogens with two attached hydrogens (primary N) is 1. The second-order valence-corrected chi connectivity index (χ2v) is 5.39. The Labute approximate surface area is 112 Å². The molecule has 1 aromatic carbocycles. The highest BCUT2D eigenvalue weighted by molar-refractivity contribution is 5.88. The van der Waals surface area contributed by atoms with E-state index >= 15 is 0 Å². The largest absolute Gasteiger partial charge is 0.458 e. The molecule has 0 amide bonds. The predicted octanol–water partition coefficient (Wildman–Crippen LogP) is 2.79. The number of hydrogen-bond donors (Lipinski definition) is 1. The summed E-state index contributed by atoms with van der Waals surface area (Å²) in [5, 5.41) is 7.84. The second-order valence-electron chi connectivity index (χ2n) is 5.39. The molecule has 5 nitrogen and oxygen atoms in total. The van der Waals surface area contributed by atoms with Crippen molar-refractivity contribution in [3.63, 3.8) is 0 Å². The highest BCUT2D eigenvalue weighted by Crippen LogP contribution is 2.37. The van der Waals surface area contributed by atoms with E-state index in [1.54, 1.807) is 30.3 Å².